The molecule has 0 saturated heterocycles. The number of amides is 3. The van der Waals surface area contributed by atoms with Gasteiger partial charge in [0.05, 0.1) is 17.8 Å². The maximum Gasteiger partial charge on any atom is 0.259 e. The van der Waals surface area contributed by atoms with Crippen LogP contribution in [0.1, 0.15) is 43.1 Å². The molecule has 33 heavy (non-hydrogen) atoms. The lowest BCUT2D eigenvalue weighted by molar-refractivity contribution is -0.122. The van der Waals surface area contributed by atoms with Gasteiger partial charge in [-0.2, -0.15) is 0 Å². The van der Waals surface area contributed by atoms with Gasteiger partial charge in [-0.3, -0.25) is 19.3 Å². The Bertz CT molecular complexity index is 1180. The van der Waals surface area contributed by atoms with Crippen LogP contribution >= 0.6 is 0 Å². The Morgan fingerprint density at radius 3 is 2.21 bits per heavy atom. The van der Waals surface area contributed by atoms with Gasteiger partial charge in [-0.25, -0.2) is 0 Å². The number of carbonyl (C=O) groups is 3. The number of fused-ring (bicyclic) bond motifs is 1. The van der Waals surface area contributed by atoms with E-state index in [1.54, 1.807) is 48.5 Å². The van der Waals surface area contributed by atoms with Crippen molar-refractivity contribution >= 4 is 34.8 Å². The van der Waals surface area contributed by atoms with Gasteiger partial charge in [0.15, 0.2) is 0 Å². The minimum Gasteiger partial charge on any atom is -0.326 e. The van der Waals surface area contributed by atoms with Gasteiger partial charge >= 0.3 is 0 Å². The summed E-state index contributed by atoms with van der Waals surface area (Å²) in [6, 6.07) is 22.6. The fraction of sp³-hybridized carbons (Fsp3) is 0.222. The average molecular weight is 442 g/mol. The fourth-order valence-corrected chi connectivity index (χ4v) is 3.89. The first kappa shape index (κ1) is 22.3. The van der Waals surface area contributed by atoms with Crippen molar-refractivity contribution < 1.29 is 14.4 Å². The predicted octanol–water partition coefficient (Wildman–Crippen LogP) is 4.98. The van der Waals surface area contributed by atoms with Gasteiger partial charge in [-0.15, -0.1) is 0 Å². The van der Waals surface area contributed by atoms with Crippen LogP contribution in [0.5, 0.6) is 0 Å². The van der Waals surface area contributed by atoms with Crippen molar-refractivity contribution in [2.75, 3.05) is 15.5 Å². The highest BCUT2D eigenvalue weighted by molar-refractivity contribution is 6.17. The van der Waals surface area contributed by atoms with Crippen LogP contribution in [0.25, 0.3) is 0 Å². The molecule has 2 N–H and O–H groups in total. The Hall–Kier alpha value is -3.93. The molecule has 0 spiro atoms. The SMILES string of the molecule is CC(C)(C)c1ccc(C(=O)N2c3ccccc3NC(=O)[C@@H]2CC(=O)Nc2ccccc2)cc1. The molecular formula is C27H27N3O3. The normalized spacial score (nSPS) is 15.4. The van der Waals surface area contributed by atoms with Crippen molar-refractivity contribution in [1.29, 1.82) is 0 Å². The zero-order valence-electron chi connectivity index (χ0n) is 19.0. The number of benzene rings is 3. The van der Waals surface area contributed by atoms with Crippen LogP contribution in [0.3, 0.4) is 0 Å². The minimum atomic E-state index is -0.974. The molecule has 0 aromatic heterocycles. The highest BCUT2D eigenvalue weighted by Gasteiger charge is 2.38. The van der Waals surface area contributed by atoms with Crippen LogP contribution in [0, 0.1) is 0 Å². The van der Waals surface area contributed by atoms with Crippen molar-refractivity contribution in [2.24, 2.45) is 0 Å². The van der Waals surface area contributed by atoms with Gasteiger partial charge < -0.3 is 10.6 Å². The maximum atomic E-state index is 13.6. The van der Waals surface area contributed by atoms with E-state index in [0.29, 0.717) is 22.6 Å². The third-order valence-electron chi connectivity index (χ3n) is 5.69. The minimum absolute atomic E-state index is 0.0444. The van der Waals surface area contributed by atoms with Gasteiger partial charge in [0.25, 0.3) is 5.91 Å². The number of para-hydroxylation sites is 3. The number of hydrogen-bond donors (Lipinski definition) is 2. The molecule has 0 bridgehead atoms. The molecule has 6 heteroatoms. The summed E-state index contributed by atoms with van der Waals surface area (Å²) in [4.78, 5) is 40.8. The van der Waals surface area contributed by atoms with Crippen LogP contribution in [0.4, 0.5) is 17.1 Å². The van der Waals surface area contributed by atoms with E-state index in [1.807, 2.05) is 30.3 Å². The molecule has 3 aromatic rings. The zero-order valence-corrected chi connectivity index (χ0v) is 19.0. The molecule has 0 radical (unpaired) electrons. The van der Waals surface area contributed by atoms with Gasteiger partial charge in [-0.1, -0.05) is 63.2 Å². The molecule has 168 valence electrons. The zero-order chi connectivity index (χ0) is 23.6. The lowest BCUT2D eigenvalue weighted by atomic mass is 9.86. The van der Waals surface area contributed by atoms with E-state index in [0.717, 1.165) is 5.56 Å². The quantitative estimate of drug-likeness (QED) is 0.599. The predicted molar refractivity (Wildman–Crippen MR) is 130 cm³/mol. The standard InChI is InChI=1S/C27H27N3O3/c1-27(2,3)19-15-13-18(14-16-19)26(33)30-22-12-8-7-11-21(22)29-25(32)23(30)17-24(31)28-20-9-5-4-6-10-20/h4-16,23H,17H2,1-3H3,(H,28,31)(H,29,32)/t23-/m0/s1. The topological polar surface area (TPSA) is 78.5 Å². The summed E-state index contributed by atoms with van der Waals surface area (Å²) < 4.78 is 0. The highest BCUT2D eigenvalue weighted by atomic mass is 16.2. The molecule has 0 saturated carbocycles. The molecule has 4 rings (SSSR count). The maximum absolute atomic E-state index is 13.6. The largest absolute Gasteiger partial charge is 0.326 e. The third kappa shape index (κ3) is 4.80. The summed E-state index contributed by atoms with van der Waals surface area (Å²) in [5, 5.41) is 5.63. The first-order valence-corrected chi connectivity index (χ1v) is 10.9. The summed E-state index contributed by atoms with van der Waals surface area (Å²) in [7, 11) is 0. The highest BCUT2D eigenvalue weighted by Crippen LogP contribution is 2.34. The van der Waals surface area contributed by atoms with E-state index < -0.39 is 11.9 Å². The average Bonchev–Trinajstić information content (AvgIpc) is 2.79. The van der Waals surface area contributed by atoms with Gasteiger partial charge in [-0.05, 0) is 47.4 Å². The molecular weight excluding hydrogens is 414 g/mol. The van der Waals surface area contributed by atoms with Gasteiger partial charge in [0.1, 0.15) is 6.04 Å². The summed E-state index contributed by atoms with van der Waals surface area (Å²) in [6.45, 7) is 6.32. The van der Waals surface area contributed by atoms with Gasteiger partial charge in [0, 0.05) is 11.3 Å². The number of rotatable bonds is 4. The summed E-state index contributed by atoms with van der Waals surface area (Å²) >= 11 is 0. The molecule has 1 aliphatic heterocycles. The lowest BCUT2D eigenvalue weighted by Gasteiger charge is -2.36. The Balaban J connectivity index is 1.65. The van der Waals surface area contributed by atoms with Crippen LogP contribution in [-0.4, -0.2) is 23.8 Å². The first-order valence-electron chi connectivity index (χ1n) is 10.9. The van der Waals surface area contributed by atoms with Crippen molar-refractivity contribution in [1.82, 2.24) is 0 Å². The fourth-order valence-electron chi connectivity index (χ4n) is 3.89. The Morgan fingerprint density at radius 2 is 1.55 bits per heavy atom. The Morgan fingerprint density at radius 1 is 0.909 bits per heavy atom. The second kappa shape index (κ2) is 8.90. The second-order valence-electron chi connectivity index (χ2n) is 9.14. The number of carbonyl (C=O) groups excluding carboxylic acids is 3. The number of anilines is 3. The third-order valence-corrected chi connectivity index (χ3v) is 5.69. The van der Waals surface area contributed by atoms with Crippen molar-refractivity contribution in [3.8, 4) is 0 Å². The molecule has 6 nitrogen and oxygen atoms in total. The van der Waals surface area contributed by atoms with E-state index in [4.69, 9.17) is 0 Å². The molecule has 1 atom stereocenters. The molecule has 0 unspecified atom stereocenters. The Kier molecular flexibility index (Phi) is 6.01. The van der Waals surface area contributed by atoms with E-state index in [-0.39, 0.29) is 23.7 Å². The monoisotopic (exact) mass is 441 g/mol. The molecule has 0 aliphatic carbocycles. The van der Waals surface area contributed by atoms with E-state index in [9.17, 15) is 14.4 Å². The van der Waals surface area contributed by atoms with E-state index in [2.05, 4.69) is 31.4 Å². The van der Waals surface area contributed by atoms with E-state index >= 15 is 0 Å². The van der Waals surface area contributed by atoms with Crippen LogP contribution < -0.4 is 15.5 Å². The summed E-state index contributed by atoms with van der Waals surface area (Å²) in [6.07, 6.45) is -0.166. The molecule has 1 aliphatic rings. The molecule has 0 fully saturated rings. The van der Waals surface area contributed by atoms with Crippen LogP contribution in [-0.2, 0) is 15.0 Å². The first-order chi connectivity index (χ1) is 15.7. The van der Waals surface area contributed by atoms with Crippen molar-refractivity contribution in [3.63, 3.8) is 0 Å². The summed E-state index contributed by atoms with van der Waals surface area (Å²) in [5.74, 6) is -1.06. The van der Waals surface area contributed by atoms with Crippen LogP contribution in [0.2, 0.25) is 0 Å². The molecule has 3 amide bonds. The van der Waals surface area contributed by atoms with Crippen molar-refractivity contribution in [3.05, 3.63) is 90.0 Å². The molecule has 1 heterocycles. The number of nitrogens with one attached hydrogen (secondary N) is 2. The van der Waals surface area contributed by atoms with E-state index in [1.165, 1.54) is 4.90 Å². The van der Waals surface area contributed by atoms with Crippen molar-refractivity contribution in [2.45, 2.75) is 38.6 Å². The number of nitrogens with zero attached hydrogens (tertiary/aromatic N) is 1. The Labute approximate surface area is 193 Å². The molecule has 3 aromatic carbocycles. The second-order valence-corrected chi connectivity index (χ2v) is 9.14. The van der Waals surface area contributed by atoms with Crippen LogP contribution in [0.15, 0.2) is 78.9 Å². The lowest BCUT2D eigenvalue weighted by Crippen LogP contribution is -2.52. The van der Waals surface area contributed by atoms with Gasteiger partial charge in [0.2, 0.25) is 11.8 Å². The smallest absolute Gasteiger partial charge is 0.259 e. The summed E-state index contributed by atoms with van der Waals surface area (Å²) in [5.41, 5.74) is 3.27. The number of hydrogen-bond acceptors (Lipinski definition) is 3.